The Labute approximate surface area is 132 Å². The molecule has 0 radical (unpaired) electrons. The second-order valence-corrected chi connectivity index (χ2v) is 6.74. The van der Waals surface area contributed by atoms with Gasteiger partial charge in [-0.15, -0.1) is 11.3 Å². The third-order valence-electron chi connectivity index (χ3n) is 3.79. The van der Waals surface area contributed by atoms with E-state index in [1.54, 1.807) is 6.07 Å². The molecule has 0 atom stereocenters. The molecule has 6 heteroatoms. The summed E-state index contributed by atoms with van der Waals surface area (Å²) in [5.74, 6) is 0.393. The fourth-order valence-electron chi connectivity index (χ4n) is 2.53. The van der Waals surface area contributed by atoms with Crippen molar-refractivity contribution < 1.29 is 9.53 Å². The van der Waals surface area contributed by atoms with Crippen LogP contribution in [0.5, 0.6) is 0 Å². The summed E-state index contributed by atoms with van der Waals surface area (Å²) in [4.78, 5) is 12.9. The molecule has 0 aliphatic carbocycles. The molecular weight excluding hydrogens is 308 g/mol. The number of fused-ring (bicyclic) bond motifs is 1. The topological polar surface area (TPSA) is 64.4 Å². The smallest absolute Gasteiger partial charge is 0.263 e. The Morgan fingerprint density at radius 2 is 2.19 bits per heavy atom. The number of anilines is 1. The Hall–Kier alpha value is -1.30. The van der Waals surface area contributed by atoms with E-state index in [0.717, 1.165) is 36.1 Å². The molecule has 1 amide bonds. The van der Waals surface area contributed by atoms with E-state index in [0.29, 0.717) is 28.0 Å². The molecule has 0 unspecified atom stereocenters. The van der Waals surface area contributed by atoms with E-state index in [4.69, 9.17) is 22.1 Å². The van der Waals surface area contributed by atoms with Crippen LogP contribution >= 0.6 is 22.9 Å². The standard InChI is InChI=1S/C15H17ClN2O2S/c16-10-1-2-11-12(7-10)21-14(13(11)17)15(19)18-8-9-3-5-20-6-4-9/h1-2,7,9H,3-6,8,17H2,(H,18,19). The van der Waals surface area contributed by atoms with Crippen LogP contribution in [0.25, 0.3) is 10.1 Å². The number of hydrogen-bond donors (Lipinski definition) is 2. The summed E-state index contributed by atoms with van der Waals surface area (Å²) in [7, 11) is 0. The molecule has 0 bridgehead atoms. The van der Waals surface area contributed by atoms with Crippen LogP contribution in [-0.4, -0.2) is 25.7 Å². The van der Waals surface area contributed by atoms with E-state index >= 15 is 0 Å². The Bertz CT molecular complexity index is 665. The van der Waals surface area contributed by atoms with Crippen molar-refractivity contribution in [2.24, 2.45) is 5.92 Å². The van der Waals surface area contributed by atoms with Gasteiger partial charge in [-0.05, 0) is 37.0 Å². The molecule has 1 aliphatic heterocycles. The maximum absolute atomic E-state index is 12.3. The third kappa shape index (κ3) is 3.15. The Morgan fingerprint density at radius 1 is 1.43 bits per heavy atom. The highest BCUT2D eigenvalue weighted by molar-refractivity contribution is 7.21. The molecule has 0 spiro atoms. The van der Waals surface area contributed by atoms with Crippen LogP contribution in [-0.2, 0) is 4.74 Å². The number of ether oxygens (including phenoxy) is 1. The lowest BCUT2D eigenvalue weighted by molar-refractivity contribution is 0.0643. The number of thiophene rings is 1. The summed E-state index contributed by atoms with van der Waals surface area (Å²) in [5.41, 5.74) is 6.62. The minimum atomic E-state index is -0.101. The first-order valence-electron chi connectivity index (χ1n) is 6.98. The normalized spacial score (nSPS) is 16.2. The van der Waals surface area contributed by atoms with Crippen molar-refractivity contribution >= 4 is 44.6 Å². The highest BCUT2D eigenvalue weighted by atomic mass is 35.5. The van der Waals surface area contributed by atoms with Gasteiger partial charge in [0.15, 0.2) is 0 Å². The number of amides is 1. The zero-order valence-electron chi connectivity index (χ0n) is 11.5. The SMILES string of the molecule is Nc1c(C(=O)NCC2CCOCC2)sc2cc(Cl)ccc12. The van der Waals surface area contributed by atoms with Crippen LogP contribution in [0.1, 0.15) is 22.5 Å². The molecule has 0 saturated carbocycles. The Balaban J connectivity index is 1.73. The number of nitrogens with one attached hydrogen (secondary N) is 1. The van der Waals surface area contributed by atoms with Crippen molar-refractivity contribution in [2.75, 3.05) is 25.5 Å². The largest absolute Gasteiger partial charge is 0.397 e. The van der Waals surface area contributed by atoms with Gasteiger partial charge in [-0.25, -0.2) is 0 Å². The Kier molecular flexibility index (Phi) is 4.33. The molecule has 1 saturated heterocycles. The van der Waals surface area contributed by atoms with E-state index in [1.165, 1.54) is 11.3 Å². The maximum Gasteiger partial charge on any atom is 0.263 e. The predicted molar refractivity (Wildman–Crippen MR) is 87.1 cm³/mol. The van der Waals surface area contributed by atoms with Crippen molar-refractivity contribution in [1.29, 1.82) is 0 Å². The number of hydrogen-bond acceptors (Lipinski definition) is 4. The quantitative estimate of drug-likeness (QED) is 0.910. The van der Waals surface area contributed by atoms with Crippen LogP contribution < -0.4 is 11.1 Å². The second-order valence-electron chi connectivity index (χ2n) is 5.25. The van der Waals surface area contributed by atoms with E-state index in [2.05, 4.69) is 5.32 Å². The molecule has 3 rings (SSSR count). The van der Waals surface area contributed by atoms with E-state index in [-0.39, 0.29) is 5.91 Å². The van der Waals surface area contributed by atoms with Gasteiger partial charge in [0.2, 0.25) is 0 Å². The van der Waals surface area contributed by atoms with Gasteiger partial charge in [-0.2, -0.15) is 0 Å². The highest BCUT2D eigenvalue weighted by Crippen LogP contribution is 2.35. The van der Waals surface area contributed by atoms with Crippen LogP contribution in [0.4, 0.5) is 5.69 Å². The zero-order chi connectivity index (χ0) is 14.8. The van der Waals surface area contributed by atoms with E-state index < -0.39 is 0 Å². The summed E-state index contributed by atoms with van der Waals surface area (Å²) in [6.07, 6.45) is 2.00. The van der Waals surface area contributed by atoms with Crippen molar-refractivity contribution in [3.8, 4) is 0 Å². The van der Waals surface area contributed by atoms with Crippen LogP contribution in [0.2, 0.25) is 5.02 Å². The summed E-state index contributed by atoms with van der Waals surface area (Å²) in [6.45, 7) is 2.24. The van der Waals surface area contributed by atoms with Gasteiger partial charge in [-0.3, -0.25) is 4.79 Å². The molecule has 21 heavy (non-hydrogen) atoms. The highest BCUT2D eigenvalue weighted by Gasteiger charge is 2.19. The fourth-order valence-corrected chi connectivity index (χ4v) is 3.84. The van der Waals surface area contributed by atoms with Crippen LogP contribution in [0.15, 0.2) is 18.2 Å². The molecule has 1 aromatic carbocycles. The molecule has 4 nitrogen and oxygen atoms in total. The van der Waals surface area contributed by atoms with Crippen molar-refractivity contribution in [3.63, 3.8) is 0 Å². The summed E-state index contributed by atoms with van der Waals surface area (Å²) in [6, 6.07) is 5.49. The molecule has 1 aliphatic rings. The molecule has 2 heterocycles. The summed E-state index contributed by atoms with van der Waals surface area (Å²) < 4.78 is 6.26. The third-order valence-corrected chi connectivity index (χ3v) is 5.19. The molecule has 1 fully saturated rings. The number of halogens is 1. The first kappa shape index (κ1) is 14.6. The van der Waals surface area contributed by atoms with E-state index in [1.807, 2.05) is 12.1 Å². The monoisotopic (exact) mass is 324 g/mol. The second kappa shape index (κ2) is 6.22. The average Bonchev–Trinajstić information content (AvgIpc) is 2.82. The van der Waals surface area contributed by atoms with Gasteiger partial charge < -0.3 is 15.8 Å². The minimum Gasteiger partial charge on any atom is -0.397 e. The molecule has 112 valence electrons. The predicted octanol–water partition coefficient (Wildman–Crippen LogP) is 3.29. The van der Waals surface area contributed by atoms with Crippen LogP contribution in [0.3, 0.4) is 0 Å². The first-order valence-corrected chi connectivity index (χ1v) is 8.18. The van der Waals surface area contributed by atoms with Gasteiger partial charge in [0.05, 0.1) is 5.69 Å². The van der Waals surface area contributed by atoms with Gasteiger partial charge in [0.25, 0.3) is 5.91 Å². The maximum atomic E-state index is 12.3. The van der Waals surface area contributed by atoms with Crippen molar-refractivity contribution in [3.05, 3.63) is 28.1 Å². The number of carbonyl (C=O) groups is 1. The number of rotatable bonds is 3. The lowest BCUT2D eigenvalue weighted by atomic mass is 10.0. The summed E-state index contributed by atoms with van der Waals surface area (Å²) >= 11 is 7.36. The zero-order valence-corrected chi connectivity index (χ0v) is 13.1. The number of carbonyl (C=O) groups excluding carboxylic acids is 1. The van der Waals surface area contributed by atoms with Gasteiger partial charge in [0.1, 0.15) is 4.88 Å². The molecule has 1 aromatic heterocycles. The Morgan fingerprint density at radius 3 is 2.95 bits per heavy atom. The minimum absolute atomic E-state index is 0.101. The average molecular weight is 325 g/mol. The number of nitrogen functional groups attached to an aromatic ring is 1. The summed E-state index contributed by atoms with van der Waals surface area (Å²) in [5, 5.41) is 4.53. The van der Waals surface area contributed by atoms with E-state index in [9.17, 15) is 4.79 Å². The van der Waals surface area contributed by atoms with Gasteiger partial charge >= 0.3 is 0 Å². The lowest BCUT2D eigenvalue weighted by Gasteiger charge is -2.22. The molecular formula is C15H17ClN2O2S. The number of benzene rings is 1. The van der Waals surface area contributed by atoms with Crippen LogP contribution in [0, 0.1) is 5.92 Å². The molecule has 2 aromatic rings. The van der Waals surface area contributed by atoms with Crippen molar-refractivity contribution in [2.45, 2.75) is 12.8 Å². The van der Waals surface area contributed by atoms with Crippen molar-refractivity contribution in [1.82, 2.24) is 5.32 Å². The molecule has 3 N–H and O–H groups in total. The first-order chi connectivity index (χ1) is 10.1. The lowest BCUT2D eigenvalue weighted by Crippen LogP contribution is -2.32. The number of nitrogens with two attached hydrogens (primary N) is 1. The van der Waals surface area contributed by atoms with Gasteiger partial charge in [-0.1, -0.05) is 11.6 Å². The van der Waals surface area contributed by atoms with Gasteiger partial charge in [0, 0.05) is 34.9 Å². The fraction of sp³-hybridized carbons (Fsp3) is 0.400.